The summed E-state index contributed by atoms with van der Waals surface area (Å²) in [6.45, 7) is 3.33. The van der Waals surface area contributed by atoms with E-state index in [1.54, 1.807) is 10.4 Å². The van der Waals surface area contributed by atoms with Crippen molar-refractivity contribution in [2.75, 3.05) is 12.3 Å². The summed E-state index contributed by atoms with van der Waals surface area (Å²) >= 11 is 9.53. The number of hydrogen-bond donors (Lipinski definition) is 1. The van der Waals surface area contributed by atoms with Gasteiger partial charge in [-0.3, -0.25) is 0 Å². The first kappa shape index (κ1) is 16.1. The van der Waals surface area contributed by atoms with E-state index < -0.39 is 0 Å². The molecule has 1 aliphatic rings. The summed E-state index contributed by atoms with van der Waals surface area (Å²) in [5.74, 6) is 2.49. The number of halogens is 1. The second kappa shape index (κ2) is 7.64. The molecule has 2 aromatic rings. The van der Waals surface area contributed by atoms with Crippen LogP contribution in [0.15, 0.2) is 22.0 Å². The highest BCUT2D eigenvalue weighted by molar-refractivity contribution is 9.10. The van der Waals surface area contributed by atoms with Gasteiger partial charge in [-0.1, -0.05) is 6.92 Å². The van der Waals surface area contributed by atoms with Gasteiger partial charge in [-0.15, -0.1) is 22.7 Å². The average molecular weight is 402 g/mol. The first-order valence-corrected chi connectivity index (χ1v) is 11.1. The Balaban J connectivity index is 1.79. The maximum atomic E-state index is 3.75. The lowest BCUT2D eigenvalue weighted by molar-refractivity contribution is 0.539. The van der Waals surface area contributed by atoms with Crippen LogP contribution in [-0.2, 0) is 18.6 Å². The fraction of sp³-hybridized carbons (Fsp3) is 0.500. The number of rotatable bonds is 6. The molecule has 0 saturated carbocycles. The molecule has 3 rings (SSSR count). The van der Waals surface area contributed by atoms with Crippen molar-refractivity contribution in [2.24, 2.45) is 0 Å². The number of aryl methyl sites for hydroxylation is 1. The van der Waals surface area contributed by atoms with E-state index >= 15 is 0 Å². The molecule has 0 bridgehead atoms. The molecule has 3 heterocycles. The van der Waals surface area contributed by atoms with E-state index in [4.69, 9.17) is 0 Å². The van der Waals surface area contributed by atoms with Crippen LogP contribution in [-0.4, -0.2) is 12.3 Å². The van der Waals surface area contributed by atoms with Crippen molar-refractivity contribution < 1.29 is 0 Å². The van der Waals surface area contributed by atoms with E-state index in [1.807, 2.05) is 22.7 Å². The van der Waals surface area contributed by atoms with Gasteiger partial charge in [0.25, 0.3) is 0 Å². The van der Waals surface area contributed by atoms with Gasteiger partial charge in [0.1, 0.15) is 0 Å². The summed E-state index contributed by atoms with van der Waals surface area (Å²) in [5, 5.41) is 5.93. The molecule has 0 spiro atoms. The molecule has 1 unspecified atom stereocenters. The molecule has 1 aliphatic heterocycles. The van der Waals surface area contributed by atoms with Gasteiger partial charge >= 0.3 is 0 Å². The highest BCUT2D eigenvalue weighted by Gasteiger charge is 2.20. The standard InChI is InChI=1S/C16H20BrNS3/c1-2-4-18-14(8-13-7-12(17)10-20-13)16-6-11-9-19-5-3-15(11)21-16/h6-7,10,14,18H,2-5,8-9H2,1H3. The Labute approximate surface area is 147 Å². The van der Waals surface area contributed by atoms with Crippen LogP contribution in [0.5, 0.6) is 0 Å². The van der Waals surface area contributed by atoms with Gasteiger partial charge in [-0.05, 0) is 58.8 Å². The minimum absolute atomic E-state index is 0.469. The lowest BCUT2D eigenvalue weighted by Crippen LogP contribution is -2.23. The monoisotopic (exact) mass is 401 g/mol. The van der Waals surface area contributed by atoms with E-state index in [0.717, 1.165) is 13.0 Å². The lowest BCUT2D eigenvalue weighted by atomic mass is 10.1. The Morgan fingerprint density at radius 1 is 1.38 bits per heavy atom. The van der Waals surface area contributed by atoms with Crippen LogP contribution in [0.1, 0.15) is 39.6 Å². The van der Waals surface area contributed by atoms with Gasteiger partial charge in [0.15, 0.2) is 0 Å². The molecule has 5 heteroatoms. The van der Waals surface area contributed by atoms with Crippen LogP contribution >= 0.6 is 50.4 Å². The Bertz CT molecular complexity index is 567. The molecule has 0 saturated heterocycles. The molecular weight excluding hydrogens is 382 g/mol. The SMILES string of the molecule is CCCNC(Cc1cc(Br)cs1)c1cc2c(s1)CCSC2. The van der Waals surface area contributed by atoms with E-state index in [0.29, 0.717) is 6.04 Å². The van der Waals surface area contributed by atoms with Crippen molar-refractivity contribution in [2.45, 2.75) is 38.0 Å². The summed E-state index contributed by atoms with van der Waals surface area (Å²) in [6, 6.07) is 5.19. The molecule has 0 aliphatic carbocycles. The normalized spacial score (nSPS) is 15.9. The number of nitrogens with one attached hydrogen (secondary N) is 1. The molecule has 0 aromatic carbocycles. The summed E-state index contributed by atoms with van der Waals surface area (Å²) in [7, 11) is 0. The number of fused-ring (bicyclic) bond motifs is 1. The second-order valence-corrected chi connectivity index (χ2v) is 9.53. The topological polar surface area (TPSA) is 12.0 Å². The molecule has 1 atom stereocenters. The maximum Gasteiger partial charge on any atom is 0.0463 e. The number of thiophene rings is 2. The van der Waals surface area contributed by atoms with Crippen molar-refractivity contribution in [3.63, 3.8) is 0 Å². The van der Waals surface area contributed by atoms with Crippen molar-refractivity contribution in [3.05, 3.63) is 42.2 Å². The van der Waals surface area contributed by atoms with Crippen LogP contribution in [0.2, 0.25) is 0 Å². The van der Waals surface area contributed by atoms with Gasteiger partial charge < -0.3 is 5.32 Å². The van der Waals surface area contributed by atoms with E-state index in [1.165, 1.54) is 38.6 Å². The molecule has 0 fully saturated rings. The zero-order valence-corrected chi connectivity index (χ0v) is 16.2. The second-order valence-electron chi connectivity index (χ2n) is 5.34. The number of hydrogen-bond acceptors (Lipinski definition) is 4. The summed E-state index contributed by atoms with van der Waals surface area (Å²) in [5.41, 5.74) is 1.59. The van der Waals surface area contributed by atoms with E-state index in [2.05, 4.69) is 57.4 Å². The smallest absolute Gasteiger partial charge is 0.0463 e. The fourth-order valence-electron chi connectivity index (χ4n) is 2.60. The lowest BCUT2D eigenvalue weighted by Gasteiger charge is -2.16. The molecule has 0 radical (unpaired) electrons. The third kappa shape index (κ3) is 4.14. The molecule has 0 amide bonds. The van der Waals surface area contributed by atoms with E-state index in [-0.39, 0.29) is 0 Å². The highest BCUT2D eigenvalue weighted by atomic mass is 79.9. The zero-order chi connectivity index (χ0) is 14.7. The quantitative estimate of drug-likeness (QED) is 0.671. The molecule has 1 nitrogen and oxygen atoms in total. The molecule has 2 aromatic heterocycles. The van der Waals surface area contributed by atoms with Crippen LogP contribution in [0.4, 0.5) is 0 Å². The fourth-order valence-corrected chi connectivity index (χ4v) is 6.55. The minimum Gasteiger partial charge on any atom is -0.309 e. The zero-order valence-electron chi connectivity index (χ0n) is 12.2. The summed E-state index contributed by atoms with van der Waals surface area (Å²) in [4.78, 5) is 4.61. The Kier molecular flexibility index (Phi) is 5.85. The third-order valence-electron chi connectivity index (χ3n) is 3.66. The highest BCUT2D eigenvalue weighted by Crippen LogP contribution is 2.36. The van der Waals surface area contributed by atoms with Crippen LogP contribution in [0, 0.1) is 0 Å². The van der Waals surface area contributed by atoms with Crippen LogP contribution < -0.4 is 5.32 Å². The Morgan fingerprint density at radius 3 is 3.00 bits per heavy atom. The van der Waals surface area contributed by atoms with Crippen molar-refractivity contribution >= 4 is 50.4 Å². The predicted molar refractivity (Wildman–Crippen MR) is 101 cm³/mol. The van der Waals surface area contributed by atoms with Crippen LogP contribution in [0.25, 0.3) is 0 Å². The Hall–Kier alpha value is 0.190. The van der Waals surface area contributed by atoms with Crippen LogP contribution in [0.3, 0.4) is 0 Å². The largest absolute Gasteiger partial charge is 0.309 e. The molecule has 1 N–H and O–H groups in total. The van der Waals surface area contributed by atoms with Gasteiger partial charge in [-0.2, -0.15) is 11.8 Å². The van der Waals surface area contributed by atoms with E-state index in [9.17, 15) is 0 Å². The van der Waals surface area contributed by atoms with Gasteiger partial charge in [0, 0.05) is 42.7 Å². The average Bonchev–Trinajstić information content (AvgIpc) is 3.09. The maximum absolute atomic E-state index is 3.75. The Morgan fingerprint density at radius 2 is 2.29 bits per heavy atom. The van der Waals surface area contributed by atoms with Gasteiger partial charge in [-0.25, -0.2) is 0 Å². The summed E-state index contributed by atoms with van der Waals surface area (Å²) < 4.78 is 1.21. The molecule has 21 heavy (non-hydrogen) atoms. The third-order valence-corrected chi connectivity index (χ3v) is 7.74. The van der Waals surface area contributed by atoms with Gasteiger partial charge in [0.2, 0.25) is 0 Å². The molecular formula is C16H20BrNS3. The first-order valence-electron chi connectivity index (χ1n) is 7.41. The minimum atomic E-state index is 0.469. The predicted octanol–water partition coefficient (Wildman–Crippen LogP) is 5.64. The number of thioether (sulfide) groups is 1. The van der Waals surface area contributed by atoms with Crippen molar-refractivity contribution in [1.29, 1.82) is 0 Å². The van der Waals surface area contributed by atoms with Crippen molar-refractivity contribution in [3.8, 4) is 0 Å². The summed E-state index contributed by atoms with van der Waals surface area (Å²) in [6.07, 6.45) is 3.55. The molecule has 114 valence electrons. The first-order chi connectivity index (χ1) is 10.3. The van der Waals surface area contributed by atoms with Gasteiger partial charge in [0.05, 0.1) is 0 Å². The van der Waals surface area contributed by atoms with Crippen molar-refractivity contribution in [1.82, 2.24) is 5.32 Å².